The quantitative estimate of drug-likeness (QED) is 0.887. The van der Waals surface area contributed by atoms with Crippen LogP contribution in [0.5, 0.6) is 5.75 Å². The molecule has 1 heterocycles. The fraction of sp³-hybridized carbons (Fsp3) is 0.462. The van der Waals surface area contributed by atoms with E-state index in [9.17, 15) is 18.0 Å². The number of ether oxygens (including phenoxy) is 2. The zero-order valence-corrected chi connectivity index (χ0v) is 11.1. The van der Waals surface area contributed by atoms with E-state index in [1.54, 1.807) is 6.07 Å². The van der Waals surface area contributed by atoms with Gasteiger partial charge in [-0.15, -0.1) is 0 Å². The van der Waals surface area contributed by atoms with E-state index in [4.69, 9.17) is 10.5 Å². The number of nitrogens with two attached hydrogens (primary N) is 1. The van der Waals surface area contributed by atoms with Crippen molar-refractivity contribution >= 4 is 11.6 Å². The van der Waals surface area contributed by atoms with Crippen molar-refractivity contribution in [1.82, 2.24) is 0 Å². The molecule has 1 aliphatic rings. The van der Waals surface area contributed by atoms with Crippen molar-refractivity contribution in [2.75, 3.05) is 25.1 Å². The molecule has 0 aromatic heterocycles. The number of rotatable bonds is 4. The molecule has 21 heavy (non-hydrogen) atoms. The Morgan fingerprint density at radius 1 is 1.43 bits per heavy atom. The lowest BCUT2D eigenvalue weighted by atomic mass is 9.99. The Balaban J connectivity index is 2.07. The van der Waals surface area contributed by atoms with Crippen LogP contribution in [0.4, 0.5) is 18.9 Å². The standard InChI is InChI=1S/C13H15F3N2O3/c14-13(15,16)8-21-10-4-2-1-3-9(10)18-11(19)12(17)5-6-20-7-12/h1-4H,5-8,17H2,(H,18,19). The van der Waals surface area contributed by atoms with Gasteiger partial charge in [0.15, 0.2) is 6.61 Å². The molecule has 3 N–H and O–H groups in total. The zero-order chi connectivity index (χ0) is 15.5. The molecule has 1 aromatic rings. The van der Waals surface area contributed by atoms with Crippen LogP contribution >= 0.6 is 0 Å². The average molecular weight is 304 g/mol. The molecular weight excluding hydrogens is 289 g/mol. The van der Waals surface area contributed by atoms with Crippen LogP contribution < -0.4 is 15.8 Å². The minimum absolute atomic E-state index is 0.0642. The molecule has 1 fully saturated rings. The van der Waals surface area contributed by atoms with Crippen molar-refractivity contribution in [3.63, 3.8) is 0 Å². The summed E-state index contributed by atoms with van der Waals surface area (Å²) >= 11 is 0. The highest BCUT2D eigenvalue weighted by Gasteiger charge is 2.38. The maximum atomic E-state index is 12.2. The van der Waals surface area contributed by atoms with Crippen LogP contribution in [0.25, 0.3) is 0 Å². The van der Waals surface area contributed by atoms with Gasteiger partial charge < -0.3 is 20.5 Å². The van der Waals surface area contributed by atoms with E-state index >= 15 is 0 Å². The van der Waals surface area contributed by atoms with Gasteiger partial charge in [0.25, 0.3) is 0 Å². The molecule has 0 bridgehead atoms. The first-order chi connectivity index (χ1) is 9.80. The summed E-state index contributed by atoms with van der Waals surface area (Å²) in [4.78, 5) is 12.1. The van der Waals surface area contributed by atoms with Gasteiger partial charge in [-0.2, -0.15) is 13.2 Å². The van der Waals surface area contributed by atoms with Crippen molar-refractivity contribution in [2.24, 2.45) is 5.73 Å². The van der Waals surface area contributed by atoms with Crippen molar-refractivity contribution in [2.45, 2.75) is 18.1 Å². The molecule has 1 saturated heterocycles. The van der Waals surface area contributed by atoms with Crippen LogP contribution in [0.15, 0.2) is 24.3 Å². The summed E-state index contributed by atoms with van der Waals surface area (Å²) in [5.74, 6) is -0.575. The lowest BCUT2D eigenvalue weighted by Gasteiger charge is -2.21. The predicted molar refractivity (Wildman–Crippen MR) is 69.0 cm³/mol. The number of alkyl halides is 3. The van der Waals surface area contributed by atoms with E-state index in [0.717, 1.165) is 0 Å². The van der Waals surface area contributed by atoms with Crippen LogP contribution in [-0.4, -0.2) is 37.4 Å². The van der Waals surface area contributed by atoms with Gasteiger partial charge in [-0.25, -0.2) is 0 Å². The largest absolute Gasteiger partial charge is 0.482 e. The number of carbonyl (C=O) groups is 1. The van der Waals surface area contributed by atoms with E-state index in [1.807, 2.05) is 0 Å². The number of hydrogen-bond acceptors (Lipinski definition) is 4. The minimum Gasteiger partial charge on any atom is -0.482 e. The molecule has 8 heteroatoms. The minimum atomic E-state index is -4.45. The maximum absolute atomic E-state index is 12.2. The Labute approximate surface area is 119 Å². The molecule has 5 nitrogen and oxygen atoms in total. The fourth-order valence-electron chi connectivity index (χ4n) is 1.86. The zero-order valence-electron chi connectivity index (χ0n) is 11.1. The third kappa shape index (κ3) is 4.08. The topological polar surface area (TPSA) is 73.6 Å². The van der Waals surface area contributed by atoms with Crippen LogP contribution in [0.1, 0.15) is 6.42 Å². The van der Waals surface area contributed by atoms with Gasteiger partial charge in [0.2, 0.25) is 5.91 Å². The molecule has 1 aliphatic heterocycles. The molecule has 0 saturated carbocycles. The van der Waals surface area contributed by atoms with Gasteiger partial charge >= 0.3 is 6.18 Å². The number of nitrogens with one attached hydrogen (secondary N) is 1. The van der Waals surface area contributed by atoms with Gasteiger partial charge in [0.05, 0.1) is 12.3 Å². The number of carbonyl (C=O) groups excluding carboxylic acids is 1. The van der Waals surface area contributed by atoms with E-state index in [2.05, 4.69) is 10.1 Å². The monoisotopic (exact) mass is 304 g/mol. The predicted octanol–water partition coefficient (Wildman–Crippen LogP) is 1.68. The summed E-state index contributed by atoms with van der Waals surface area (Å²) in [7, 11) is 0. The van der Waals surface area contributed by atoms with Crippen molar-refractivity contribution < 1.29 is 27.4 Å². The number of para-hydroxylation sites is 2. The SMILES string of the molecule is NC1(C(=O)Nc2ccccc2OCC(F)(F)F)CCOC1. The first kappa shape index (κ1) is 15.6. The molecule has 1 unspecified atom stereocenters. The van der Waals surface area contributed by atoms with E-state index in [-0.39, 0.29) is 18.0 Å². The number of hydrogen-bond donors (Lipinski definition) is 2. The maximum Gasteiger partial charge on any atom is 0.422 e. The van der Waals surface area contributed by atoms with Gasteiger partial charge in [0.1, 0.15) is 11.3 Å². The van der Waals surface area contributed by atoms with Crippen molar-refractivity contribution in [3.05, 3.63) is 24.3 Å². The first-order valence-electron chi connectivity index (χ1n) is 6.27. The van der Waals surface area contributed by atoms with Gasteiger partial charge in [-0.1, -0.05) is 12.1 Å². The highest BCUT2D eigenvalue weighted by Crippen LogP contribution is 2.27. The Morgan fingerprint density at radius 3 is 2.76 bits per heavy atom. The summed E-state index contributed by atoms with van der Waals surface area (Å²) in [6, 6.07) is 5.88. The third-order valence-corrected chi connectivity index (χ3v) is 3.03. The molecular formula is C13H15F3N2O3. The highest BCUT2D eigenvalue weighted by molar-refractivity contribution is 5.99. The van der Waals surface area contributed by atoms with Crippen LogP contribution in [0.3, 0.4) is 0 Å². The average Bonchev–Trinajstić information content (AvgIpc) is 2.85. The summed E-state index contributed by atoms with van der Waals surface area (Å²) in [5.41, 5.74) is 4.86. The molecule has 1 aromatic carbocycles. The molecule has 2 rings (SSSR count). The Bertz CT molecular complexity index is 514. The summed E-state index contributed by atoms with van der Waals surface area (Å²) < 4.78 is 46.3. The summed E-state index contributed by atoms with van der Waals surface area (Å²) in [6.45, 7) is -0.989. The Hall–Kier alpha value is -1.80. The second-order valence-corrected chi connectivity index (χ2v) is 4.81. The van der Waals surface area contributed by atoms with E-state index < -0.39 is 24.2 Å². The molecule has 1 atom stereocenters. The van der Waals surface area contributed by atoms with Crippen LogP contribution in [-0.2, 0) is 9.53 Å². The molecule has 0 radical (unpaired) electrons. The van der Waals surface area contributed by atoms with Gasteiger partial charge in [-0.05, 0) is 18.6 Å². The lowest BCUT2D eigenvalue weighted by molar-refractivity contribution is -0.153. The normalized spacial score (nSPS) is 22.1. The Kier molecular flexibility index (Phi) is 4.38. The molecule has 0 spiro atoms. The third-order valence-electron chi connectivity index (χ3n) is 3.03. The van der Waals surface area contributed by atoms with Gasteiger partial charge in [-0.3, -0.25) is 4.79 Å². The molecule has 1 amide bonds. The second kappa shape index (κ2) is 5.90. The van der Waals surface area contributed by atoms with Crippen molar-refractivity contribution in [3.8, 4) is 5.75 Å². The number of benzene rings is 1. The van der Waals surface area contributed by atoms with Crippen LogP contribution in [0.2, 0.25) is 0 Å². The molecule has 0 aliphatic carbocycles. The van der Waals surface area contributed by atoms with Crippen molar-refractivity contribution in [1.29, 1.82) is 0 Å². The van der Waals surface area contributed by atoms with Crippen LogP contribution in [0, 0.1) is 0 Å². The number of anilines is 1. The summed E-state index contributed by atoms with van der Waals surface area (Å²) in [5, 5.41) is 2.49. The second-order valence-electron chi connectivity index (χ2n) is 4.81. The molecule has 116 valence electrons. The smallest absolute Gasteiger partial charge is 0.422 e. The van der Waals surface area contributed by atoms with Gasteiger partial charge in [0, 0.05) is 6.61 Å². The Morgan fingerprint density at radius 2 is 2.14 bits per heavy atom. The van der Waals surface area contributed by atoms with E-state index in [1.165, 1.54) is 18.2 Å². The fourth-order valence-corrected chi connectivity index (χ4v) is 1.86. The number of halogens is 3. The summed E-state index contributed by atoms with van der Waals surface area (Å²) in [6.07, 6.45) is -4.10. The lowest BCUT2D eigenvalue weighted by Crippen LogP contribution is -2.51. The van der Waals surface area contributed by atoms with E-state index in [0.29, 0.717) is 13.0 Å². The highest BCUT2D eigenvalue weighted by atomic mass is 19.4. The first-order valence-corrected chi connectivity index (χ1v) is 6.27. The number of amides is 1.